The summed E-state index contributed by atoms with van der Waals surface area (Å²) in [6, 6.07) is 24.8. The maximum atomic E-state index is 12.2. The van der Waals surface area contributed by atoms with Crippen molar-refractivity contribution < 1.29 is 4.79 Å². The molecule has 0 atom stereocenters. The highest BCUT2D eigenvalue weighted by Crippen LogP contribution is 2.29. The number of nitrogens with zero attached hydrogens (tertiary/aromatic N) is 1. The van der Waals surface area contributed by atoms with Crippen molar-refractivity contribution in [2.75, 3.05) is 10.6 Å². The van der Waals surface area contributed by atoms with E-state index in [1.54, 1.807) is 6.08 Å². The van der Waals surface area contributed by atoms with Crippen LogP contribution in [0.15, 0.2) is 90.3 Å². The van der Waals surface area contributed by atoms with Crippen molar-refractivity contribution in [3.63, 3.8) is 0 Å². The van der Waals surface area contributed by atoms with Gasteiger partial charge in [0.15, 0.2) is 5.13 Å². The minimum atomic E-state index is -0.183. The van der Waals surface area contributed by atoms with Gasteiger partial charge in [0, 0.05) is 33.4 Å². The van der Waals surface area contributed by atoms with Crippen LogP contribution in [0.25, 0.3) is 17.3 Å². The van der Waals surface area contributed by atoms with Crippen LogP contribution in [0.5, 0.6) is 0 Å². The average Bonchev–Trinajstić information content (AvgIpc) is 3.22. The standard InChI is InChI=1S/C24H18ClN3OS/c25-19-9-5-11-21(15-19)27-24-28-22(16-30-24)18-8-4-10-20(14-18)26-23(29)13-12-17-6-2-1-3-7-17/h1-16H,(H,26,29)(H,27,28)/b13-12+. The molecule has 1 amide bonds. The number of thiazole rings is 1. The van der Waals surface area contributed by atoms with Crippen molar-refractivity contribution in [1.82, 2.24) is 4.98 Å². The van der Waals surface area contributed by atoms with Crippen molar-refractivity contribution in [1.29, 1.82) is 0 Å². The molecule has 4 aromatic rings. The molecule has 0 radical (unpaired) electrons. The maximum absolute atomic E-state index is 12.2. The Morgan fingerprint density at radius 3 is 2.57 bits per heavy atom. The molecule has 4 nitrogen and oxygen atoms in total. The zero-order chi connectivity index (χ0) is 20.8. The lowest BCUT2D eigenvalue weighted by atomic mass is 10.1. The smallest absolute Gasteiger partial charge is 0.248 e. The summed E-state index contributed by atoms with van der Waals surface area (Å²) in [4.78, 5) is 16.9. The lowest BCUT2D eigenvalue weighted by Crippen LogP contribution is -2.07. The Bertz CT molecular complexity index is 1190. The number of carbonyl (C=O) groups is 1. The summed E-state index contributed by atoms with van der Waals surface area (Å²) in [5.41, 5.74) is 4.33. The second-order valence-electron chi connectivity index (χ2n) is 6.49. The first-order chi connectivity index (χ1) is 14.7. The van der Waals surface area contributed by atoms with E-state index in [2.05, 4.69) is 15.6 Å². The summed E-state index contributed by atoms with van der Waals surface area (Å²) >= 11 is 7.54. The molecule has 1 aromatic heterocycles. The molecule has 0 aliphatic carbocycles. The van der Waals surface area contributed by atoms with Gasteiger partial charge < -0.3 is 10.6 Å². The monoisotopic (exact) mass is 431 g/mol. The van der Waals surface area contributed by atoms with Crippen LogP contribution in [-0.4, -0.2) is 10.9 Å². The number of halogens is 1. The highest BCUT2D eigenvalue weighted by Gasteiger charge is 2.07. The predicted octanol–water partition coefficient (Wildman–Crippen LogP) is 6.86. The lowest BCUT2D eigenvalue weighted by molar-refractivity contribution is -0.111. The van der Waals surface area contributed by atoms with Gasteiger partial charge in [-0.2, -0.15) is 0 Å². The fourth-order valence-corrected chi connectivity index (χ4v) is 3.76. The third kappa shape index (κ3) is 5.35. The van der Waals surface area contributed by atoms with Gasteiger partial charge in [0.2, 0.25) is 5.91 Å². The van der Waals surface area contributed by atoms with Gasteiger partial charge in [0.25, 0.3) is 0 Å². The number of amides is 1. The van der Waals surface area contributed by atoms with Gasteiger partial charge >= 0.3 is 0 Å². The maximum Gasteiger partial charge on any atom is 0.248 e. The van der Waals surface area contributed by atoms with Crippen molar-refractivity contribution in [3.05, 3.63) is 101 Å². The zero-order valence-electron chi connectivity index (χ0n) is 15.9. The Balaban J connectivity index is 1.44. The van der Waals surface area contributed by atoms with Gasteiger partial charge in [-0.3, -0.25) is 4.79 Å². The van der Waals surface area contributed by atoms with E-state index < -0.39 is 0 Å². The summed E-state index contributed by atoms with van der Waals surface area (Å²) in [6.07, 6.45) is 3.31. The van der Waals surface area contributed by atoms with Crippen molar-refractivity contribution in [3.8, 4) is 11.3 Å². The number of nitrogens with one attached hydrogen (secondary N) is 2. The number of rotatable bonds is 6. The minimum absolute atomic E-state index is 0.183. The van der Waals surface area contributed by atoms with Crippen LogP contribution < -0.4 is 10.6 Å². The number of aromatic nitrogens is 1. The van der Waals surface area contributed by atoms with E-state index in [-0.39, 0.29) is 5.91 Å². The summed E-state index contributed by atoms with van der Waals surface area (Å²) in [7, 11) is 0. The summed E-state index contributed by atoms with van der Waals surface area (Å²) in [5, 5.41) is 9.57. The zero-order valence-corrected chi connectivity index (χ0v) is 17.5. The predicted molar refractivity (Wildman–Crippen MR) is 126 cm³/mol. The molecule has 0 spiro atoms. The van der Waals surface area contributed by atoms with Crippen LogP contribution in [0.3, 0.4) is 0 Å². The molecule has 0 aliphatic heterocycles. The van der Waals surface area contributed by atoms with Crippen LogP contribution in [0.2, 0.25) is 5.02 Å². The van der Waals surface area contributed by atoms with E-state index in [9.17, 15) is 4.79 Å². The van der Waals surface area contributed by atoms with Crippen LogP contribution in [0.1, 0.15) is 5.56 Å². The number of benzene rings is 3. The molecule has 30 heavy (non-hydrogen) atoms. The van der Waals surface area contributed by atoms with Gasteiger partial charge in [0.05, 0.1) is 5.69 Å². The quantitative estimate of drug-likeness (QED) is 0.328. The molecule has 3 aromatic carbocycles. The summed E-state index contributed by atoms with van der Waals surface area (Å²) < 4.78 is 0. The van der Waals surface area contributed by atoms with E-state index in [1.165, 1.54) is 17.4 Å². The Labute approximate surface area is 183 Å². The van der Waals surface area contributed by atoms with Crippen LogP contribution in [0.4, 0.5) is 16.5 Å². The van der Waals surface area contributed by atoms with Crippen LogP contribution >= 0.6 is 22.9 Å². The van der Waals surface area contributed by atoms with E-state index in [1.807, 2.05) is 84.2 Å². The molecule has 148 valence electrons. The molecule has 0 bridgehead atoms. The molecule has 2 N–H and O–H groups in total. The third-order valence-electron chi connectivity index (χ3n) is 4.23. The molecule has 0 saturated heterocycles. The first-order valence-corrected chi connectivity index (χ1v) is 10.5. The molecular weight excluding hydrogens is 414 g/mol. The Morgan fingerprint density at radius 2 is 1.73 bits per heavy atom. The highest BCUT2D eigenvalue weighted by molar-refractivity contribution is 7.14. The van der Waals surface area contributed by atoms with E-state index in [0.717, 1.165) is 27.6 Å². The highest BCUT2D eigenvalue weighted by atomic mass is 35.5. The second kappa shape index (κ2) is 9.39. The van der Waals surface area contributed by atoms with Crippen LogP contribution in [-0.2, 0) is 4.79 Å². The second-order valence-corrected chi connectivity index (χ2v) is 7.78. The van der Waals surface area contributed by atoms with Gasteiger partial charge in [-0.05, 0) is 42.0 Å². The summed E-state index contributed by atoms with van der Waals surface area (Å²) in [5.74, 6) is -0.183. The largest absolute Gasteiger partial charge is 0.331 e. The van der Waals surface area contributed by atoms with Gasteiger partial charge in [-0.15, -0.1) is 11.3 Å². The molecule has 0 aliphatic rings. The first kappa shape index (κ1) is 19.9. The SMILES string of the molecule is O=C(/C=C/c1ccccc1)Nc1cccc(-c2csc(Nc3cccc(Cl)c3)n2)c1. The Kier molecular flexibility index (Phi) is 6.23. The molecule has 4 rings (SSSR count). The Morgan fingerprint density at radius 1 is 0.933 bits per heavy atom. The molecular formula is C24H18ClN3OS. The third-order valence-corrected chi connectivity index (χ3v) is 5.23. The molecule has 1 heterocycles. The molecule has 0 unspecified atom stereocenters. The first-order valence-electron chi connectivity index (χ1n) is 9.28. The number of carbonyl (C=O) groups excluding carboxylic acids is 1. The number of hydrogen-bond acceptors (Lipinski definition) is 4. The Hall–Kier alpha value is -3.41. The van der Waals surface area contributed by atoms with Crippen molar-refractivity contribution in [2.24, 2.45) is 0 Å². The fourth-order valence-electron chi connectivity index (χ4n) is 2.83. The molecule has 0 saturated carbocycles. The minimum Gasteiger partial charge on any atom is -0.331 e. The van der Waals surface area contributed by atoms with Crippen molar-refractivity contribution >= 4 is 51.4 Å². The van der Waals surface area contributed by atoms with E-state index >= 15 is 0 Å². The van der Waals surface area contributed by atoms with E-state index in [4.69, 9.17) is 11.6 Å². The lowest BCUT2D eigenvalue weighted by Gasteiger charge is -2.05. The van der Waals surface area contributed by atoms with Crippen molar-refractivity contribution in [2.45, 2.75) is 0 Å². The number of anilines is 3. The molecule has 0 fully saturated rings. The van der Waals surface area contributed by atoms with Gasteiger partial charge in [-0.1, -0.05) is 60.1 Å². The number of hydrogen-bond donors (Lipinski definition) is 2. The van der Waals surface area contributed by atoms with E-state index in [0.29, 0.717) is 10.7 Å². The van der Waals surface area contributed by atoms with Gasteiger partial charge in [0.1, 0.15) is 0 Å². The van der Waals surface area contributed by atoms with Crippen LogP contribution in [0, 0.1) is 0 Å². The van der Waals surface area contributed by atoms with Gasteiger partial charge in [-0.25, -0.2) is 4.98 Å². The topological polar surface area (TPSA) is 54.0 Å². The average molecular weight is 432 g/mol. The molecule has 6 heteroatoms. The summed E-state index contributed by atoms with van der Waals surface area (Å²) in [6.45, 7) is 0. The normalized spacial score (nSPS) is 10.8. The fraction of sp³-hybridized carbons (Fsp3) is 0.